The lowest BCUT2D eigenvalue weighted by molar-refractivity contribution is 0.0695. The molecule has 0 amide bonds. The Labute approximate surface area is 100 Å². The number of carbonyl (C=O) groups is 1. The molecule has 2 rings (SSSR count). The molecule has 2 aromatic rings. The van der Waals surface area contributed by atoms with E-state index in [2.05, 4.69) is 25.9 Å². The van der Waals surface area contributed by atoms with Gasteiger partial charge in [-0.2, -0.15) is 0 Å². The van der Waals surface area contributed by atoms with E-state index in [1.807, 2.05) is 6.92 Å². The lowest BCUT2D eigenvalue weighted by Gasteiger charge is -2.06. The van der Waals surface area contributed by atoms with Crippen molar-refractivity contribution >= 4 is 32.8 Å². The van der Waals surface area contributed by atoms with Gasteiger partial charge in [0.15, 0.2) is 0 Å². The Bertz CT molecular complexity index is 569. The summed E-state index contributed by atoms with van der Waals surface area (Å²) >= 11 is 3.33. The number of aromatic carboxylic acids is 1. The third-order valence-corrected chi connectivity index (χ3v) is 2.97. The van der Waals surface area contributed by atoms with Crippen LogP contribution in [0.1, 0.15) is 23.0 Å². The van der Waals surface area contributed by atoms with E-state index in [4.69, 9.17) is 5.11 Å². The molecule has 4 nitrogen and oxygen atoms in total. The summed E-state index contributed by atoms with van der Waals surface area (Å²) in [5, 5.41) is 9.84. The van der Waals surface area contributed by atoms with Crippen molar-refractivity contribution in [2.75, 3.05) is 0 Å². The maximum atomic E-state index is 11.1. The van der Waals surface area contributed by atoms with Crippen molar-refractivity contribution in [3.05, 3.63) is 34.2 Å². The first kappa shape index (κ1) is 11.0. The quantitative estimate of drug-likeness (QED) is 0.919. The minimum absolute atomic E-state index is 0.252. The molecule has 0 saturated carbocycles. The van der Waals surface area contributed by atoms with Gasteiger partial charge in [0.25, 0.3) is 0 Å². The van der Waals surface area contributed by atoms with Crippen molar-refractivity contribution in [2.24, 2.45) is 0 Å². The number of hydrogen-bond acceptors (Lipinski definition) is 3. The summed E-state index contributed by atoms with van der Waals surface area (Å²) in [5.74, 6) is -0.949. The van der Waals surface area contributed by atoms with Crippen LogP contribution in [-0.4, -0.2) is 21.0 Å². The van der Waals surface area contributed by atoms with E-state index in [0.29, 0.717) is 17.6 Å². The summed E-state index contributed by atoms with van der Waals surface area (Å²) in [5.41, 5.74) is 1.54. The highest BCUT2D eigenvalue weighted by Gasteiger charge is 2.13. The lowest BCUT2D eigenvalue weighted by atomic mass is 10.1. The van der Waals surface area contributed by atoms with Crippen LogP contribution in [0.2, 0.25) is 0 Å². The number of halogens is 1. The molecule has 0 saturated heterocycles. The molecule has 0 aliphatic heterocycles. The van der Waals surface area contributed by atoms with E-state index in [-0.39, 0.29) is 5.56 Å². The van der Waals surface area contributed by atoms with Crippen molar-refractivity contribution in [3.8, 4) is 0 Å². The van der Waals surface area contributed by atoms with Gasteiger partial charge < -0.3 is 5.11 Å². The average Bonchev–Trinajstić information content (AvgIpc) is 2.27. The molecule has 1 N–H and O–H groups in total. The number of pyridine rings is 2. The maximum Gasteiger partial charge on any atom is 0.337 e. The molecule has 2 heterocycles. The molecular formula is C11H9BrN2O2. The number of fused-ring (bicyclic) bond motifs is 1. The molecule has 0 radical (unpaired) electrons. The molecular weight excluding hydrogens is 272 g/mol. The van der Waals surface area contributed by atoms with Crippen LogP contribution in [0.4, 0.5) is 0 Å². The van der Waals surface area contributed by atoms with Crippen LogP contribution in [0.15, 0.2) is 22.9 Å². The number of hydrogen-bond donors (Lipinski definition) is 1. The fraction of sp³-hybridized carbons (Fsp3) is 0.182. The molecule has 2 aromatic heterocycles. The van der Waals surface area contributed by atoms with Gasteiger partial charge in [0.1, 0.15) is 0 Å². The minimum atomic E-state index is -0.949. The second-order valence-corrected chi connectivity index (χ2v) is 4.18. The Morgan fingerprint density at radius 3 is 2.88 bits per heavy atom. The largest absolute Gasteiger partial charge is 0.478 e. The fourth-order valence-corrected chi connectivity index (χ4v) is 1.99. The topological polar surface area (TPSA) is 63.1 Å². The van der Waals surface area contributed by atoms with E-state index in [1.165, 1.54) is 0 Å². The molecule has 0 spiro atoms. The van der Waals surface area contributed by atoms with Crippen molar-refractivity contribution in [2.45, 2.75) is 13.3 Å². The van der Waals surface area contributed by atoms with E-state index in [0.717, 1.165) is 9.86 Å². The summed E-state index contributed by atoms with van der Waals surface area (Å²) < 4.78 is 0.752. The van der Waals surface area contributed by atoms with Crippen molar-refractivity contribution < 1.29 is 9.90 Å². The number of aromatic nitrogens is 2. The molecule has 0 fully saturated rings. The average molecular weight is 281 g/mol. The zero-order valence-corrected chi connectivity index (χ0v) is 10.2. The number of nitrogens with zero attached hydrogens (tertiary/aromatic N) is 2. The Balaban J connectivity index is 2.81. The Kier molecular flexibility index (Phi) is 2.87. The van der Waals surface area contributed by atoms with Crippen molar-refractivity contribution in [3.63, 3.8) is 0 Å². The van der Waals surface area contributed by atoms with Gasteiger partial charge in [0.2, 0.25) is 0 Å². The third kappa shape index (κ3) is 1.78. The Hall–Kier alpha value is -1.49. The highest BCUT2D eigenvalue weighted by Crippen LogP contribution is 2.23. The molecule has 0 atom stereocenters. The lowest BCUT2D eigenvalue weighted by Crippen LogP contribution is -2.04. The van der Waals surface area contributed by atoms with Crippen LogP contribution in [-0.2, 0) is 6.42 Å². The number of rotatable bonds is 2. The van der Waals surface area contributed by atoms with Gasteiger partial charge in [-0.1, -0.05) is 6.92 Å². The number of carboxylic acid groups (broad SMARTS) is 1. The van der Waals surface area contributed by atoms with Gasteiger partial charge in [0, 0.05) is 16.1 Å². The molecule has 0 aliphatic carbocycles. The smallest absolute Gasteiger partial charge is 0.337 e. The molecule has 82 valence electrons. The molecule has 0 unspecified atom stereocenters. The first-order chi connectivity index (χ1) is 7.63. The van der Waals surface area contributed by atoms with Gasteiger partial charge in [-0.25, -0.2) is 4.79 Å². The Morgan fingerprint density at radius 1 is 1.50 bits per heavy atom. The van der Waals surface area contributed by atoms with Crippen LogP contribution in [0, 0.1) is 0 Å². The zero-order valence-electron chi connectivity index (χ0n) is 8.57. The predicted octanol–water partition coefficient (Wildman–Crippen LogP) is 2.65. The minimum Gasteiger partial charge on any atom is -0.478 e. The molecule has 0 aromatic carbocycles. The molecule has 5 heteroatoms. The van der Waals surface area contributed by atoms with E-state index in [9.17, 15) is 4.79 Å². The van der Waals surface area contributed by atoms with Crippen LogP contribution >= 0.6 is 15.9 Å². The van der Waals surface area contributed by atoms with Crippen molar-refractivity contribution in [1.29, 1.82) is 0 Å². The maximum absolute atomic E-state index is 11.1. The second kappa shape index (κ2) is 4.17. The van der Waals surface area contributed by atoms with E-state index >= 15 is 0 Å². The molecule has 0 bridgehead atoms. The Morgan fingerprint density at radius 2 is 2.25 bits per heavy atom. The van der Waals surface area contributed by atoms with Crippen LogP contribution in [0.25, 0.3) is 10.9 Å². The molecule has 16 heavy (non-hydrogen) atoms. The summed E-state index contributed by atoms with van der Waals surface area (Å²) in [6.07, 6.45) is 3.84. The second-order valence-electron chi connectivity index (χ2n) is 3.33. The number of carboxylic acids is 1. The summed E-state index contributed by atoms with van der Waals surface area (Å²) in [4.78, 5) is 19.4. The number of aryl methyl sites for hydroxylation is 1. The van der Waals surface area contributed by atoms with Crippen LogP contribution in [0.5, 0.6) is 0 Å². The van der Waals surface area contributed by atoms with E-state index in [1.54, 1.807) is 18.5 Å². The molecule has 0 aliphatic rings. The normalized spacial score (nSPS) is 10.6. The zero-order chi connectivity index (χ0) is 11.7. The first-order valence-corrected chi connectivity index (χ1v) is 5.59. The highest BCUT2D eigenvalue weighted by molar-refractivity contribution is 9.10. The van der Waals surface area contributed by atoms with Gasteiger partial charge in [-0.05, 0) is 28.4 Å². The van der Waals surface area contributed by atoms with Gasteiger partial charge in [0.05, 0.1) is 23.0 Å². The van der Waals surface area contributed by atoms with Crippen LogP contribution < -0.4 is 0 Å². The summed E-state index contributed by atoms with van der Waals surface area (Å²) in [6.45, 7) is 1.88. The van der Waals surface area contributed by atoms with Gasteiger partial charge >= 0.3 is 5.97 Å². The fourth-order valence-electron chi connectivity index (χ4n) is 1.55. The first-order valence-electron chi connectivity index (χ1n) is 4.80. The van der Waals surface area contributed by atoms with Gasteiger partial charge in [-0.3, -0.25) is 9.97 Å². The summed E-state index contributed by atoms with van der Waals surface area (Å²) in [6, 6.07) is 1.63. The van der Waals surface area contributed by atoms with Gasteiger partial charge in [-0.15, -0.1) is 0 Å². The highest BCUT2D eigenvalue weighted by atomic mass is 79.9. The standard InChI is InChI=1S/C11H9BrN2O2/c1-2-9-7(11(15)16)3-6-8(12)4-13-5-10(6)14-9/h3-5H,2H2,1H3,(H,15,16). The predicted molar refractivity (Wildman–Crippen MR) is 63.6 cm³/mol. The SMILES string of the molecule is CCc1nc2cncc(Br)c2cc1C(=O)O. The van der Waals surface area contributed by atoms with Crippen LogP contribution in [0.3, 0.4) is 0 Å². The monoisotopic (exact) mass is 280 g/mol. The summed E-state index contributed by atoms with van der Waals surface area (Å²) in [7, 11) is 0. The third-order valence-electron chi connectivity index (χ3n) is 2.34. The van der Waals surface area contributed by atoms with Crippen molar-refractivity contribution in [1.82, 2.24) is 9.97 Å². The van der Waals surface area contributed by atoms with E-state index < -0.39 is 5.97 Å².